The van der Waals surface area contributed by atoms with Gasteiger partial charge in [0.15, 0.2) is 0 Å². The maximum atomic E-state index is 5.90. The monoisotopic (exact) mass is 224 g/mol. The summed E-state index contributed by atoms with van der Waals surface area (Å²) in [6.45, 7) is 5.51. The molecule has 0 unspecified atom stereocenters. The molecule has 0 bridgehead atoms. The van der Waals surface area contributed by atoms with Crippen LogP contribution in [0.1, 0.15) is 25.5 Å². The maximum absolute atomic E-state index is 5.90. The van der Waals surface area contributed by atoms with Crippen LogP contribution in [-0.4, -0.2) is 19.8 Å². The molecule has 4 N–H and O–H groups in total. The van der Waals surface area contributed by atoms with Crippen molar-refractivity contribution >= 4 is 0 Å². The summed E-state index contributed by atoms with van der Waals surface area (Å²) in [5.74, 6) is 1.55. The molecule has 0 amide bonds. The SMILES string of the molecule is CCOc1ccc([C@@H](N)CN)c(OCC)c1. The summed E-state index contributed by atoms with van der Waals surface area (Å²) in [6, 6.07) is 5.46. The van der Waals surface area contributed by atoms with Crippen molar-refractivity contribution in [3.05, 3.63) is 23.8 Å². The van der Waals surface area contributed by atoms with Crippen molar-refractivity contribution in [1.82, 2.24) is 0 Å². The molecule has 16 heavy (non-hydrogen) atoms. The van der Waals surface area contributed by atoms with Gasteiger partial charge in [-0.15, -0.1) is 0 Å². The topological polar surface area (TPSA) is 70.5 Å². The highest BCUT2D eigenvalue weighted by Crippen LogP contribution is 2.28. The molecular weight excluding hydrogens is 204 g/mol. The molecule has 1 atom stereocenters. The van der Waals surface area contributed by atoms with Gasteiger partial charge in [0.2, 0.25) is 0 Å². The Labute approximate surface area is 96.5 Å². The third kappa shape index (κ3) is 3.12. The van der Waals surface area contributed by atoms with E-state index in [4.69, 9.17) is 20.9 Å². The van der Waals surface area contributed by atoms with Gasteiger partial charge >= 0.3 is 0 Å². The Morgan fingerprint density at radius 2 is 1.88 bits per heavy atom. The van der Waals surface area contributed by atoms with Crippen LogP contribution in [0.5, 0.6) is 11.5 Å². The van der Waals surface area contributed by atoms with E-state index in [9.17, 15) is 0 Å². The van der Waals surface area contributed by atoms with Crippen molar-refractivity contribution in [1.29, 1.82) is 0 Å². The Kier molecular flexibility index (Phi) is 5.08. The van der Waals surface area contributed by atoms with E-state index in [2.05, 4.69) is 0 Å². The second kappa shape index (κ2) is 6.35. The normalized spacial score (nSPS) is 12.2. The van der Waals surface area contributed by atoms with E-state index in [1.165, 1.54) is 0 Å². The molecule has 0 aromatic heterocycles. The van der Waals surface area contributed by atoms with E-state index in [1.807, 2.05) is 32.0 Å². The highest BCUT2D eigenvalue weighted by Gasteiger charge is 2.11. The number of ether oxygens (including phenoxy) is 2. The Hall–Kier alpha value is -1.26. The lowest BCUT2D eigenvalue weighted by Gasteiger charge is -2.16. The Bertz CT molecular complexity index is 329. The molecule has 0 aliphatic rings. The Balaban J connectivity index is 2.98. The van der Waals surface area contributed by atoms with Crippen LogP contribution >= 0.6 is 0 Å². The minimum Gasteiger partial charge on any atom is -0.494 e. The molecule has 1 aromatic rings. The van der Waals surface area contributed by atoms with Gasteiger partial charge in [-0.05, 0) is 19.9 Å². The summed E-state index contributed by atoms with van der Waals surface area (Å²) in [7, 11) is 0. The lowest BCUT2D eigenvalue weighted by molar-refractivity contribution is 0.319. The molecular formula is C12H20N2O2. The van der Waals surface area contributed by atoms with E-state index in [1.54, 1.807) is 0 Å². The van der Waals surface area contributed by atoms with Crippen molar-refractivity contribution in [2.24, 2.45) is 11.5 Å². The van der Waals surface area contributed by atoms with E-state index in [-0.39, 0.29) is 6.04 Å². The van der Waals surface area contributed by atoms with Crippen LogP contribution in [0.3, 0.4) is 0 Å². The zero-order valence-electron chi connectivity index (χ0n) is 9.90. The standard InChI is InChI=1S/C12H20N2O2/c1-3-15-9-5-6-10(11(14)8-13)12(7-9)16-4-2/h5-7,11H,3-4,8,13-14H2,1-2H3/t11-/m0/s1. The van der Waals surface area contributed by atoms with Crippen LogP contribution < -0.4 is 20.9 Å². The first-order chi connectivity index (χ1) is 7.72. The summed E-state index contributed by atoms with van der Waals surface area (Å²) >= 11 is 0. The summed E-state index contributed by atoms with van der Waals surface area (Å²) in [4.78, 5) is 0. The minimum atomic E-state index is -0.197. The van der Waals surface area contributed by atoms with Gasteiger partial charge in [0.25, 0.3) is 0 Å². The van der Waals surface area contributed by atoms with E-state index < -0.39 is 0 Å². The van der Waals surface area contributed by atoms with Crippen molar-refractivity contribution in [3.8, 4) is 11.5 Å². The van der Waals surface area contributed by atoms with Gasteiger partial charge in [0, 0.05) is 24.2 Å². The number of rotatable bonds is 6. The van der Waals surface area contributed by atoms with Gasteiger partial charge < -0.3 is 20.9 Å². The number of hydrogen-bond acceptors (Lipinski definition) is 4. The van der Waals surface area contributed by atoms with Gasteiger partial charge in [-0.3, -0.25) is 0 Å². The van der Waals surface area contributed by atoms with Crippen molar-refractivity contribution in [2.75, 3.05) is 19.8 Å². The highest BCUT2D eigenvalue weighted by atomic mass is 16.5. The molecule has 0 radical (unpaired) electrons. The summed E-state index contributed by atoms with van der Waals surface area (Å²) in [5, 5.41) is 0. The second-order valence-electron chi connectivity index (χ2n) is 3.41. The molecule has 1 aromatic carbocycles. The average molecular weight is 224 g/mol. The fourth-order valence-corrected chi connectivity index (χ4v) is 1.48. The van der Waals surface area contributed by atoms with Crippen molar-refractivity contribution in [3.63, 3.8) is 0 Å². The molecule has 0 aliphatic carbocycles. The summed E-state index contributed by atoms with van der Waals surface area (Å²) in [6.07, 6.45) is 0. The second-order valence-corrected chi connectivity index (χ2v) is 3.41. The molecule has 0 aliphatic heterocycles. The molecule has 0 heterocycles. The smallest absolute Gasteiger partial charge is 0.127 e. The summed E-state index contributed by atoms with van der Waals surface area (Å²) in [5.41, 5.74) is 12.4. The molecule has 4 nitrogen and oxygen atoms in total. The van der Waals surface area contributed by atoms with Gasteiger partial charge in [0.05, 0.1) is 13.2 Å². The lowest BCUT2D eigenvalue weighted by Crippen LogP contribution is -2.21. The number of benzene rings is 1. The van der Waals surface area contributed by atoms with Gasteiger partial charge in [0.1, 0.15) is 11.5 Å². The van der Waals surface area contributed by atoms with Crippen LogP contribution in [0.2, 0.25) is 0 Å². The molecule has 1 rings (SSSR count). The van der Waals surface area contributed by atoms with Crippen LogP contribution in [0.25, 0.3) is 0 Å². The van der Waals surface area contributed by atoms with Crippen LogP contribution in [0, 0.1) is 0 Å². The minimum absolute atomic E-state index is 0.197. The highest BCUT2D eigenvalue weighted by molar-refractivity contribution is 5.42. The van der Waals surface area contributed by atoms with E-state index in [0.717, 1.165) is 17.1 Å². The van der Waals surface area contributed by atoms with Gasteiger partial charge in [-0.25, -0.2) is 0 Å². The van der Waals surface area contributed by atoms with E-state index >= 15 is 0 Å². The first-order valence-corrected chi connectivity index (χ1v) is 5.58. The Morgan fingerprint density at radius 1 is 1.19 bits per heavy atom. The molecule has 0 saturated carbocycles. The molecule has 0 spiro atoms. The van der Waals surface area contributed by atoms with Crippen molar-refractivity contribution < 1.29 is 9.47 Å². The predicted octanol–water partition coefficient (Wildman–Crippen LogP) is 1.44. The zero-order valence-corrected chi connectivity index (χ0v) is 9.90. The largest absolute Gasteiger partial charge is 0.494 e. The zero-order chi connectivity index (χ0) is 12.0. The number of nitrogens with two attached hydrogens (primary N) is 2. The third-order valence-electron chi connectivity index (χ3n) is 2.25. The van der Waals surface area contributed by atoms with Crippen molar-refractivity contribution in [2.45, 2.75) is 19.9 Å². The molecule has 4 heteroatoms. The predicted molar refractivity (Wildman–Crippen MR) is 64.8 cm³/mol. The fourth-order valence-electron chi connectivity index (χ4n) is 1.48. The average Bonchev–Trinajstić information content (AvgIpc) is 2.29. The first-order valence-electron chi connectivity index (χ1n) is 5.58. The molecule has 0 saturated heterocycles. The maximum Gasteiger partial charge on any atom is 0.127 e. The first kappa shape index (κ1) is 12.8. The molecule has 90 valence electrons. The van der Waals surface area contributed by atoms with Gasteiger partial charge in [-0.1, -0.05) is 6.07 Å². The summed E-state index contributed by atoms with van der Waals surface area (Å²) < 4.78 is 10.9. The Morgan fingerprint density at radius 3 is 2.44 bits per heavy atom. The van der Waals surface area contributed by atoms with Gasteiger partial charge in [-0.2, -0.15) is 0 Å². The number of hydrogen-bond donors (Lipinski definition) is 2. The quantitative estimate of drug-likeness (QED) is 0.767. The van der Waals surface area contributed by atoms with Crippen LogP contribution in [-0.2, 0) is 0 Å². The fraction of sp³-hybridized carbons (Fsp3) is 0.500. The third-order valence-corrected chi connectivity index (χ3v) is 2.25. The lowest BCUT2D eigenvalue weighted by atomic mass is 10.1. The molecule has 0 fully saturated rings. The van der Waals surface area contributed by atoms with Crippen LogP contribution in [0.4, 0.5) is 0 Å². The van der Waals surface area contributed by atoms with Crippen LogP contribution in [0.15, 0.2) is 18.2 Å². The van der Waals surface area contributed by atoms with E-state index in [0.29, 0.717) is 19.8 Å².